The normalized spacial score (nSPS) is 10.6. The first kappa shape index (κ1) is 14.2. The van der Waals surface area contributed by atoms with E-state index in [1.807, 2.05) is 39.3 Å². The number of rotatable bonds is 6. The molecule has 0 aliphatic heterocycles. The van der Waals surface area contributed by atoms with Crippen molar-refractivity contribution >= 4 is 11.8 Å². The molecule has 0 unspecified atom stereocenters. The second-order valence-corrected chi connectivity index (χ2v) is 4.68. The Balaban J connectivity index is 2.20. The van der Waals surface area contributed by atoms with E-state index < -0.39 is 0 Å². The fourth-order valence-corrected chi connectivity index (χ4v) is 1.72. The quantitative estimate of drug-likeness (QED) is 0.832. The van der Waals surface area contributed by atoms with Crippen molar-refractivity contribution in [2.45, 2.75) is 0 Å². The van der Waals surface area contributed by atoms with Gasteiger partial charge in [-0.25, -0.2) is 4.98 Å². The third kappa shape index (κ3) is 3.89. The molecule has 0 saturated heterocycles. The van der Waals surface area contributed by atoms with Crippen LogP contribution in [-0.4, -0.2) is 54.1 Å². The number of nitrogens with one attached hydrogen (secondary N) is 2. The molecular weight excluding hydrogens is 252 g/mol. The van der Waals surface area contributed by atoms with Crippen LogP contribution in [0.2, 0.25) is 0 Å². The van der Waals surface area contributed by atoms with E-state index >= 15 is 0 Å². The van der Waals surface area contributed by atoms with Gasteiger partial charge in [-0.1, -0.05) is 0 Å². The van der Waals surface area contributed by atoms with Gasteiger partial charge in [0.05, 0.1) is 5.69 Å². The zero-order valence-electron chi connectivity index (χ0n) is 12.1. The SMILES string of the molecule is CNc1cc(-c2ccncc2)nc(NCCN(C)C)n1. The van der Waals surface area contributed by atoms with Crippen LogP contribution in [0.3, 0.4) is 0 Å². The molecular formula is C14H20N6. The fourth-order valence-electron chi connectivity index (χ4n) is 1.72. The third-order valence-electron chi connectivity index (χ3n) is 2.80. The Kier molecular flexibility index (Phi) is 4.84. The van der Waals surface area contributed by atoms with E-state index in [0.29, 0.717) is 5.95 Å². The van der Waals surface area contributed by atoms with Gasteiger partial charge in [-0.3, -0.25) is 4.98 Å². The molecule has 106 valence electrons. The van der Waals surface area contributed by atoms with Crippen molar-refractivity contribution in [2.24, 2.45) is 0 Å². The summed E-state index contributed by atoms with van der Waals surface area (Å²) in [5.41, 5.74) is 1.90. The lowest BCUT2D eigenvalue weighted by Gasteiger charge is -2.12. The molecule has 0 atom stereocenters. The maximum atomic E-state index is 4.54. The number of pyridine rings is 1. The van der Waals surface area contributed by atoms with Gasteiger partial charge in [0, 0.05) is 44.2 Å². The van der Waals surface area contributed by atoms with Gasteiger partial charge in [-0.2, -0.15) is 4.98 Å². The topological polar surface area (TPSA) is 66.0 Å². The standard InChI is InChI=1S/C14H20N6/c1-15-13-10-12(11-4-6-16-7-5-11)18-14(19-13)17-8-9-20(2)3/h4-7,10H,8-9H2,1-3H3,(H2,15,17,18,19). The monoisotopic (exact) mass is 272 g/mol. The summed E-state index contributed by atoms with van der Waals surface area (Å²) >= 11 is 0. The molecule has 2 N–H and O–H groups in total. The van der Waals surface area contributed by atoms with Crippen molar-refractivity contribution in [3.05, 3.63) is 30.6 Å². The average Bonchev–Trinajstić information content (AvgIpc) is 2.47. The predicted octanol–water partition coefficient (Wildman–Crippen LogP) is 1.55. The molecule has 2 rings (SSSR count). The predicted molar refractivity (Wildman–Crippen MR) is 81.9 cm³/mol. The molecule has 0 aliphatic rings. The number of nitrogens with zero attached hydrogens (tertiary/aromatic N) is 4. The molecule has 0 spiro atoms. The highest BCUT2D eigenvalue weighted by atomic mass is 15.2. The zero-order chi connectivity index (χ0) is 14.4. The number of aromatic nitrogens is 3. The Bertz CT molecular complexity index is 541. The van der Waals surface area contributed by atoms with Crippen molar-refractivity contribution in [2.75, 3.05) is 44.9 Å². The molecule has 0 amide bonds. The molecule has 20 heavy (non-hydrogen) atoms. The molecule has 0 aliphatic carbocycles. The van der Waals surface area contributed by atoms with Gasteiger partial charge in [0.1, 0.15) is 5.82 Å². The second-order valence-electron chi connectivity index (χ2n) is 4.68. The highest BCUT2D eigenvalue weighted by Crippen LogP contribution is 2.20. The number of anilines is 2. The summed E-state index contributed by atoms with van der Waals surface area (Å²) in [6.45, 7) is 1.73. The van der Waals surface area contributed by atoms with Crippen LogP contribution in [0.5, 0.6) is 0 Å². The first-order chi connectivity index (χ1) is 9.69. The Morgan fingerprint density at radius 2 is 1.90 bits per heavy atom. The van der Waals surface area contributed by atoms with Crippen LogP contribution in [0.25, 0.3) is 11.3 Å². The average molecular weight is 272 g/mol. The summed E-state index contributed by atoms with van der Waals surface area (Å²) in [7, 11) is 5.92. The summed E-state index contributed by atoms with van der Waals surface area (Å²) in [5.74, 6) is 1.42. The minimum absolute atomic E-state index is 0.630. The Labute approximate surface area is 119 Å². The van der Waals surface area contributed by atoms with E-state index in [1.54, 1.807) is 12.4 Å². The number of hydrogen-bond acceptors (Lipinski definition) is 6. The van der Waals surface area contributed by atoms with E-state index in [1.165, 1.54) is 0 Å². The molecule has 0 aromatic carbocycles. The van der Waals surface area contributed by atoms with E-state index in [9.17, 15) is 0 Å². The van der Waals surface area contributed by atoms with Crippen molar-refractivity contribution in [3.8, 4) is 11.3 Å². The van der Waals surface area contributed by atoms with E-state index in [-0.39, 0.29) is 0 Å². The van der Waals surface area contributed by atoms with Crippen molar-refractivity contribution < 1.29 is 0 Å². The van der Waals surface area contributed by atoms with Crippen LogP contribution < -0.4 is 10.6 Å². The van der Waals surface area contributed by atoms with Crippen molar-refractivity contribution in [3.63, 3.8) is 0 Å². The Morgan fingerprint density at radius 3 is 2.55 bits per heavy atom. The molecule has 0 radical (unpaired) electrons. The molecule has 2 aromatic rings. The summed E-state index contributed by atoms with van der Waals surface area (Å²) in [6.07, 6.45) is 3.52. The lowest BCUT2D eigenvalue weighted by Crippen LogP contribution is -2.21. The Morgan fingerprint density at radius 1 is 1.15 bits per heavy atom. The Hall–Kier alpha value is -2.21. The first-order valence-electron chi connectivity index (χ1n) is 6.55. The number of likely N-dealkylation sites (N-methyl/N-ethyl adjacent to an activating group) is 1. The highest BCUT2D eigenvalue weighted by molar-refractivity contribution is 5.63. The maximum absolute atomic E-state index is 4.54. The minimum Gasteiger partial charge on any atom is -0.373 e. The molecule has 0 fully saturated rings. The lowest BCUT2D eigenvalue weighted by atomic mass is 10.2. The molecule has 6 heteroatoms. The number of hydrogen-bond donors (Lipinski definition) is 2. The molecule has 0 bridgehead atoms. The highest BCUT2D eigenvalue weighted by Gasteiger charge is 2.05. The minimum atomic E-state index is 0.630. The van der Waals surface area contributed by atoms with E-state index in [0.717, 1.165) is 30.2 Å². The second kappa shape index (κ2) is 6.81. The van der Waals surface area contributed by atoms with Crippen molar-refractivity contribution in [1.82, 2.24) is 19.9 Å². The molecule has 2 aromatic heterocycles. The van der Waals surface area contributed by atoms with Crippen LogP contribution in [0.15, 0.2) is 30.6 Å². The summed E-state index contributed by atoms with van der Waals surface area (Å²) in [4.78, 5) is 15.1. The van der Waals surface area contributed by atoms with Gasteiger partial charge in [0.25, 0.3) is 0 Å². The fraction of sp³-hybridized carbons (Fsp3) is 0.357. The van der Waals surface area contributed by atoms with Crippen LogP contribution in [0, 0.1) is 0 Å². The van der Waals surface area contributed by atoms with Crippen LogP contribution >= 0.6 is 0 Å². The summed E-state index contributed by atoms with van der Waals surface area (Å²) < 4.78 is 0. The van der Waals surface area contributed by atoms with Crippen LogP contribution in [-0.2, 0) is 0 Å². The van der Waals surface area contributed by atoms with Gasteiger partial charge in [0.15, 0.2) is 0 Å². The van der Waals surface area contributed by atoms with Gasteiger partial charge < -0.3 is 15.5 Å². The zero-order valence-corrected chi connectivity index (χ0v) is 12.1. The van der Waals surface area contributed by atoms with E-state index in [4.69, 9.17) is 0 Å². The van der Waals surface area contributed by atoms with Gasteiger partial charge in [0.2, 0.25) is 5.95 Å². The van der Waals surface area contributed by atoms with Crippen LogP contribution in [0.4, 0.5) is 11.8 Å². The smallest absolute Gasteiger partial charge is 0.225 e. The maximum Gasteiger partial charge on any atom is 0.225 e. The summed E-state index contributed by atoms with van der Waals surface area (Å²) in [5, 5.41) is 6.30. The lowest BCUT2D eigenvalue weighted by molar-refractivity contribution is 0.425. The van der Waals surface area contributed by atoms with Crippen molar-refractivity contribution in [1.29, 1.82) is 0 Å². The van der Waals surface area contributed by atoms with Gasteiger partial charge >= 0.3 is 0 Å². The van der Waals surface area contributed by atoms with E-state index in [2.05, 4.69) is 30.5 Å². The first-order valence-corrected chi connectivity index (χ1v) is 6.55. The molecule has 2 heterocycles. The van der Waals surface area contributed by atoms with Gasteiger partial charge in [-0.05, 0) is 26.2 Å². The molecule has 6 nitrogen and oxygen atoms in total. The molecule has 0 saturated carbocycles. The largest absolute Gasteiger partial charge is 0.373 e. The van der Waals surface area contributed by atoms with Gasteiger partial charge in [-0.15, -0.1) is 0 Å². The van der Waals surface area contributed by atoms with Crippen LogP contribution in [0.1, 0.15) is 0 Å². The third-order valence-corrected chi connectivity index (χ3v) is 2.80. The summed E-state index contributed by atoms with van der Waals surface area (Å²) in [6, 6.07) is 5.79.